The average Bonchev–Trinajstić information content (AvgIpc) is 2.91. The molecule has 8 nitrogen and oxygen atoms in total. The number of aromatic nitrogens is 4. The number of nitrogens with zero attached hydrogens (tertiary/aromatic N) is 5. The van der Waals surface area contributed by atoms with Gasteiger partial charge in [-0.05, 0) is 26.8 Å². The molecule has 0 bridgehead atoms. The van der Waals surface area contributed by atoms with Crippen LogP contribution < -0.4 is 0 Å². The number of amides is 1. The summed E-state index contributed by atoms with van der Waals surface area (Å²) in [7, 11) is 0. The first-order valence-electron chi connectivity index (χ1n) is 7.52. The Bertz CT molecular complexity index is 695. The zero-order valence-electron chi connectivity index (χ0n) is 13.4. The average molecular weight is 317 g/mol. The van der Waals surface area contributed by atoms with Crippen LogP contribution in [0.5, 0.6) is 0 Å². The van der Waals surface area contributed by atoms with Gasteiger partial charge in [-0.3, -0.25) is 4.79 Å². The van der Waals surface area contributed by atoms with E-state index in [0.29, 0.717) is 36.9 Å². The number of hydrogen-bond donors (Lipinski definition) is 0. The van der Waals surface area contributed by atoms with Gasteiger partial charge in [-0.2, -0.15) is 0 Å². The van der Waals surface area contributed by atoms with Gasteiger partial charge in [0, 0.05) is 17.9 Å². The lowest BCUT2D eigenvalue weighted by atomic mass is 10.2. The van der Waals surface area contributed by atoms with Crippen LogP contribution in [0.4, 0.5) is 0 Å². The third-order valence-electron chi connectivity index (χ3n) is 3.77. The minimum absolute atomic E-state index is 0.0264. The smallest absolute Gasteiger partial charge is 0.228 e. The fourth-order valence-corrected chi connectivity index (χ4v) is 2.59. The Labute approximate surface area is 133 Å². The van der Waals surface area contributed by atoms with E-state index in [0.717, 1.165) is 11.4 Å². The van der Waals surface area contributed by atoms with E-state index in [4.69, 9.17) is 4.74 Å². The minimum atomic E-state index is -0.303. The van der Waals surface area contributed by atoms with Gasteiger partial charge < -0.3 is 9.64 Å². The van der Waals surface area contributed by atoms with Gasteiger partial charge in [0.1, 0.15) is 17.5 Å². The molecule has 1 aliphatic rings. The highest BCUT2D eigenvalue weighted by Gasteiger charge is 2.28. The first-order chi connectivity index (χ1) is 11.0. The Balaban J connectivity index is 1.70. The van der Waals surface area contributed by atoms with Gasteiger partial charge >= 0.3 is 0 Å². The molecule has 23 heavy (non-hydrogen) atoms. The molecule has 0 aliphatic carbocycles. The highest BCUT2D eigenvalue weighted by Crippen LogP contribution is 2.20. The maximum atomic E-state index is 12.4. The van der Waals surface area contributed by atoms with Crippen LogP contribution in [0.3, 0.4) is 0 Å². The summed E-state index contributed by atoms with van der Waals surface area (Å²) in [6.07, 6.45) is -0.127. The molecule has 0 spiro atoms. The molecule has 2 aromatic heterocycles. The van der Waals surface area contributed by atoms with Crippen molar-refractivity contribution in [2.24, 2.45) is 0 Å². The third kappa shape index (κ3) is 3.53. The first-order valence-corrected chi connectivity index (χ1v) is 7.52. The summed E-state index contributed by atoms with van der Waals surface area (Å²) in [4.78, 5) is 23.1. The Hall–Kier alpha value is -2.35. The summed E-state index contributed by atoms with van der Waals surface area (Å²) in [6, 6.07) is 1.91. The van der Waals surface area contributed by atoms with Crippen molar-refractivity contribution in [2.45, 2.75) is 33.3 Å². The van der Waals surface area contributed by atoms with Crippen molar-refractivity contribution in [1.82, 2.24) is 25.2 Å². The van der Waals surface area contributed by atoms with Gasteiger partial charge in [0.2, 0.25) is 5.91 Å². The molecule has 0 N–H and O–H groups in total. The van der Waals surface area contributed by atoms with E-state index in [2.05, 4.69) is 24.9 Å². The van der Waals surface area contributed by atoms with Crippen LogP contribution in [0.15, 0.2) is 10.7 Å². The minimum Gasteiger partial charge on any atom is -0.367 e. The fourth-order valence-electron chi connectivity index (χ4n) is 2.59. The van der Waals surface area contributed by atoms with Crippen molar-refractivity contribution in [3.63, 3.8) is 0 Å². The van der Waals surface area contributed by atoms with Gasteiger partial charge in [0.05, 0.1) is 19.6 Å². The van der Waals surface area contributed by atoms with Crippen LogP contribution >= 0.6 is 0 Å². The second-order valence-electron chi connectivity index (χ2n) is 5.68. The number of ether oxygens (including phenoxy) is 1. The maximum absolute atomic E-state index is 12.4. The van der Waals surface area contributed by atoms with Crippen molar-refractivity contribution >= 4 is 5.91 Å². The molecule has 122 valence electrons. The molecule has 0 saturated carbocycles. The second-order valence-corrected chi connectivity index (χ2v) is 5.68. The van der Waals surface area contributed by atoms with E-state index in [-0.39, 0.29) is 18.4 Å². The standard InChI is InChI=1S/C15H19N5O3/c1-9-6-10(2)17-15(16-9)13-8-20(4-5-22-13)14(21)7-12-11(3)18-23-19-12/h6,13H,4-5,7-8H2,1-3H3/t13-/m1/s1. The van der Waals surface area contributed by atoms with E-state index < -0.39 is 0 Å². The molecule has 2 aromatic rings. The van der Waals surface area contributed by atoms with Crippen LogP contribution in [0.2, 0.25) is 0 Å². The van der Waals surface area contributed by atoms with Gasteiger partial charge in [-0.25, -0.2) is 14.6 Å². The topological polar surface area (TPSA) is 94.2 Å². The summed E-state index contributed by atoms with van der Waals surface area (Å²) in [5, 5.41) is 7.46. The molecular formula is C15H19N5O3. The maximum Gasteiger partial charge on any atom is 0.228 e. The Morgan fingerprint density at radius 3 is 2.65 bits per heavy atom. The lowest BCUT2D eigenvalue weighted by molar-refractivity contribution is -0.138. The summed E-state index contributed by atoms with van der Waals surface area (Å²) < 4.78 is 10.4. The van der Waals surface area contributed by atoms with Crippen LogP contribution in [0, 0.1) is 20.8 Å². The monoisotopic (exact) mass is 317 g/mol. The Morgan fingerprint density at radius 2 is 2.00 bits per heavy atom. The second kappa shape index (κ2) is 6.41. The van der Waals surface area contributed by atoms with Crippen LogP contribution in [0.1, 0.15) is 34.7 Å². The molecule has 3 heterocycles. The highest BCUT2D eigenvalue weighted by molar-refractivity contribution is 5.78. The van der Waals surface area contributed by atoms with Crippen molar-refractivity contribution < 1.29 is 14.2 Å². The summed E-state index contributed by atoms with van der Waals surface area (Å²) in [5.74, 6) is 0.598. The third-order valence-corrected chi connectivity index (χ3v) is 3.77. The van der Waals surface area contributed by atoms with E-state index in [1.807, 2.05) is 19.9 Å². The van der Waals surface area contributed by atoms with Crippen LogP contribution in [-0.4, -0.2) is 50.8 Å². The van der Waals surface area contributed by atoms with E-state index in [1.54, 1.807) is 11.8 Å². The zero-order chi connectivity index (χ0) is 16.4. The van der Waals surface area contributed by atoms with Gasteiger partial charge in [0.25, 0.3) is 0 Å². The molecule has 0 aromatic carbocycles. The van der Waals surface area contributed by atoms with Crippen LogP contribution in [-0.2, 0) is 16.0 Å². The lowest BCUT2D eigenvalue weighted by Crippen LogP contribution is -2.43. The normalized spacial score (nSPS) is 18.2. The SMILES string of the molecule is Cc1cc(C)nc([C@H]2CN(C(=O)Cc3nonc3C)CCO2)n1. The lowest BCUT2D eigenvalue weighted by Gasteiger charge is -2.32. The fraction of sp³-hybridized carbons (Fsp3) is 0.533. The number of rotatable bonds is 3. The van der Waals surface area contributed by atoms with Gasteiger partial charge in [0.15, 0.2) is 5.82 Å². The van der Waals surface area contributed by atoms with E-state index >= 15 is 0 Å². The number of morpholine rings is 1. The molecule has 1 fully saturated rings. The first kappa shape index (κ1) is 15.5. The number of carbonyl (C=O) groups is 1. The van der Waals surface area contributed by atoms with Crippen molar-refractivity contribution in [3.05, 3.63) is 34.7 Å². The molecule has 1 amide bonds. The molecule has 3 rings (SSSR count). The Morgan fingerprint density at radius 1 is 1.26 bits per heavy atom. The summed E-state index contributed by atoms with van der Waals surface area (Å²) in [6.45, 7) is 7.05. The zero-order valence-corrected chi connectivity index (χ0v) is 13.4. The molecule has 1 atom stereocenters. The molecule has 8 heteroatoms. The predicted octanol–water partition coefficient (Wildman–Crippen LogP) is 0.927. The Kier molecular flexibility index (Phi) is 4.33. The summed E-state index contributed by atoms with van der Waals surface area (Å²) >= 11 is 0. The van der Waals surface area contributed by atoms with Crippen molar-refractivity contribution in [3.8, 4) is 0 Å². The summed E-state index contributed by atoms with van der Waals surface area (Å²) in [5.41, 5.74) is 2.99. The number of aryl methyl sites for hydroxylation is 3. The van der Waals surface area contributed by atoms with Gasteiger partial charge in [-0.1, -0.05) is 10.3 Å². The van der Waals surface area contributed by atoms with E-state index in [1.165, 1.54) is 0 Å². The molecule has 0 unspecified atom stereocenters. The molecule has 0 radical (unpaired) electrons. The van der Waals surface area contributed by atoms with Crippen molar-refractivity contribution in [1.29, 1.82) is 0 Å². The van der Waals surface area contributed by atoms with E-state index in [9.17, 15) is 4.79 Å². The van der Waals surface area contributed by atoms with Crippen molar-refractivity contribution in [2.75, 3.05) is 19.7 Å². The molecule has 1 saturated heterocycles. The molecular weight excluding hydrogens is 298 g/mol. The predicted molar refractivity (Wildman–Crippen MR) is 79.5 cm³/mol. The number of carbonyl (C=O) groups excluding carboxylic acids is 1. The van der Waals surface area contributed by atoms with Crippen LogP contribution in [0.25, 0.3) is 0 Å². The largest absolute Gasteiger partial charge is 0.367 e. The van der Waals surface area contributed by atoms with Gasteiger partial charge in [-0.15, -0.1) is 0 Å². The quantitative estimate of drug-likeness (QED) is 0.831. The molecule has 1 aliphatic heterocycles. The highest BCUT2D eigenvalue weighted by atomic mass is 16.6. The number of hydrogen-bond acceptors (Lipinski definition) is 7.